The van der Waals surface area contributed by atoms with E-state index < -0.39 is 0 Å². The standard InChI is InChI=1S/4H2O.Ti/h4*1H2;/p-4. The smallest absolute Gasteiger partial charge is 0 e. The van der Waals surface area contributed by atoms with Crippen LogP contribution in [0.3, 0.4) is 0 Å². The van der Waals surface area contributed by atoms with E-state index in [1.807, 2.05) is 0 Å². The van der Waals surface area contributed by atoms with Gasteiger partial charge >= 0.3 is 0 Å². The van der Waals surface area contributed by atoms with Crippen molar-refractivity contribution in [3.05, 3.63) is 0 Å². The molecule has 0 fully saturated rings. The summed E-state index contributed by atoms with van der Waals surface area (Å²) in [6.07, 6.45) is 0. The van der Waals surface area contributed by atoms with Gasteiger partial charge in [0, 0.05) is 21.7 Å². The summed E-state index contributed by atoms with van der Waals surface area (Å²) in [7, 11) is 0. The molecule has 0 heterocycles. The fraction of sp³-hybridized carbons (Fsp3) is 0. The van der Waals surface area contributed by atoms with Crippen molar-refractivity contribution in [3.8, 4) is 0 Å². The summed E-state index contributed by atoms with van der Waals surface area (Å²) in [5.74, 6) is 0. The quantitative estimate of drug-likeness (QED) is 0.388. The van der Waals surface area contributed by atoms with Crippen LogP contribution in [0.5, 0.6) is 0 Å². The van der Waals surface area contributed by atoms with Crippen molar-refractivity contribution < 1.29 is 43.6 Å². The molecule has 0 aliphatic carbocycles. The van der Waals surface area contributed by atoms with E-state index in [-0.39, 0.29) is 43.6 Å². The van der Waals surface area contributed by atoms with Crippen LogP contribution in [0.25, 0.3) is 0 Å². The Hall–Kier alpha value is 0.554. The third-order valence-corrected chi connectivity index (χ3v) is 0. The second kappa shape index (κ2) is 187. The molecule has 0 unspecified atom stereocenters. The molecule has 0 spiro atoms. The molecule has 4 nitrogen and oxygen atoms in total. The normalized spacial score (nSPS) is 0. The molecule has 0 aliphatic rings. The molecule has 36 valence electrons. The second-order valence-corrected chi connectivity index (χ2v) is 0. The third-order valence-electron chi connectivity index (χ3n) is 0. The first kappa shape index (κ1) is 375. The minimum atomic E-state index is 0. The van der Waals surface area contributed by atoms with Gasteiger partial charge in [-0.15, -0.1) is 0 Å². The largest absolute Gasteiger partial charge is 0.870 e. The maximum atomic E-state index is 0. The van der Waals surface area contributed by atoms with Crippen LogP contribution in [-0.2, 0) is 21.7 Å². The monoisotopic (exact) mass is 116 g/mol. The van der Waals surface area contributed by atoms with Gasteiger partial charge in [-0.3, -0.25) is 0 Å². The minimum Gasteiger partial charge on any atom is -0.870 e. The summed E-state index contributed by atoms with van der Waals surface area (Å²) < 4.78 is 0. The van der Waals surface area contributed by atoms with Gasteiger partial charge in [-0.2, -0.15) is 0 Å². The molecule has 0 bridgehead atoms. The first-order valence-electron chi connectivity index (χ1n) is 0. The van der Waals surface area contributed by atoms with Crippen molar-refractivity contribution in [2.24, 2.45) is 0 Å². The zero-order valence-electron chi connectivity index (χ0n) is 2.29. The Bertz CT molecular complexity index is 3.61. The van der Waals surface area contributed by atoms with Crippen LogP contribution in [0.15, 0.2) is 0 Å². The molecule has 4 N–H and O–H groups in total. The molecule has 0 aromatic heterocycles. The molecular weight excluding hydrogens is 112 g/mol. The van der Waals surface area contributed by atoms with Crippen molar-refractivity contribution in [2.45, 2.75) is 0 Å². The molecule has 0 aromatic rings. The van der Waals surface area contributed by atoms with E-state index in [0.717, 1.165) is 0 Å². The Morgan fingerprint density at radius 3 is 0.400 bits per heavy atom. The molecule has 0 radical (unpaired) electrons. The van der Waals surface area contributed by atoms with Crippen molar-refractivity contribution >= 4 is 0 Å². The minimum absolute atomic E-state index is 0. The van der Waals surface area contributed by atoms with Gasteiger partial charge in [-0.05, 0) is 0 Å². The van der Waals surface area contributed by atoms with Crippen LogP contribution < -0.4 is 0 Å². The van der Waals surface area contributed by atoms with E-state index in [9.17, 15) is 0 Å². The molecule has 0 atom stereocenters. The van der Waals surface area contributed by atoms with Crippen molar-refractivity contribution in [3.63, 3.8) is 0 Å². The number of hydrogen-bond donors (Lipinski definition) is 0. The molecular formula is H4O4Ti-4. The van der Waals surface area contributed by atoms with Crippen molar-refractivity contribution in [1.29, 1.82) is 0 Å². The Morgan fingerprint density at radius 1 is 0.400 bits per heavy atom. The topological polar surface area (TPSA) is 120 Å². The maximum absolute atomic E-state index is 0. The zero-order chi connectivity index (χ0) is 0. The van der Waals surface area contributed by atoms with Gasteiger partial charge in [0.2, 0.25) is 0 Å². The van der Waals surface area contributed by atoms with Gasteiger partial charge in [0.15, 0.2) is 0 Å². The summed E-state index contributed by atoms with van der Waals surface area (Å²) in [4.78, 5) is 0. The van der Waals surface area contributed by atoms with E-state index in [2.05, 4.69) is 0 Å². The van der Waals surface area contributed by atoms with Crippen LogP contribution in [0.2, 0.25) is 0 Å². The summed E-state index contributed by atoms with van der Waals surface area (Å²) in [6.45, 7) is 0. The molecule has 5 heavy (non-hydrogen) atoms. The zero-order valence-corrected chi connectivity index (χ0v) is 3.85. The predicted molar refractivity (Wildman–Crippen MR) is 7.74 cm³/mol. The van der Waals surface area contributed by atoms with Crippen LogP contribution in [0, 0.1) is 0 Å². The fourth-order valence-corrected chi connectivity index (χ4v) is 0. The van der Waals surface area contributed by atoms with E-state index in [0.29, 0.717) is 0 Å². The van der Waals surface area contributed by atoms with E-state index in [1.54, 1.807) is 0 Å². The average Bonchev–Trinajstić information content (AvgIpc) is 0. The molecule has 0 rings (SSSR count). The van der Waals surface area contributed by atoms with E-state index >= 15 is 0 Å². The predicted octanol–water partition coefficient (Wildman–Crippen LogP) is -0.710. The van der Waals surface area contributed by atoms with Gasteiger partial charge < -0.3 is 21.9 Å². The SMILES string of the molecule is [OH-].[OH-].[OH-].[OH-].[Ti]. The molecule has 0 aromatic carbocycles. The fourth-order valence-electron chi connectivity index (χ4n) is 0. The number of rotatable bonds is 0. The van der Waals surface area contributed by atoms with Gasteiger partial charge in [0.1, 0.15) is 0 Å². The Kier molecular flexibility index (Phi) is 14000. The van der Waals surface area contributed by atoms with Gasteiger partial charge in [0.25, 0.3) is 0 Å². The Labute approximate surface area is 44.3 Å². The van der Waals surface area contributed by atoms with Gasteiger partial charge in [0.05, 0.1) is 0 Å². The molecule has 0 saturated heterocycles. The molecule has 0 saturated carbocycles. The van der Waals surface area contributed by atoms with Crippen LogP contribution >= 0.6 is 0 Å². The van der Waals surface area contributed by atoms with Crippen molar-refractivity contribution in [1.82, 2.24) is 0 Å². The van der Waals surface area contributed by atoms with Gasteiger partial charge in [-0.25, -0.2) is 0 Å². The Morgan fingerprint density at radius 2 is 0.400 bits per heavy atom. The number of hydrogen-bond acceptors (Lipinski definition) is 4. The Balaban J connectivity index is 0. The van der Waals surface area contributed by atoms with E-state index in [1.165, 1.54) is 0 Å². The maximum Gasteiger partial charge on any atom is 0 e. The van der Waals surface area contributed by atoms with Gasteiger partial charge in [-0.1, -0.05) is 0 Å². The summed E-state index contributed by atoms with van der Waals surface area (Å²) in [5.41, 5.74) is 0. The van der Waals surface area contributed by atoms with Crippen LogP contribution in [0.4, 0.5) is 0 Å². The first-order chi connectivity index (χ1) is 0. The molecule has 0 amide bonds. The molecule has 5 heteroatoms. The van der Waals surface area contributed by atoms with Crippen molar-refractivity contribution in [2.75, 3.05) is 0 Å². The summed E-state index contributed by atoms with van der Waals surface area (Å²) >= 11 is 0. The first-order valence-corrected chi connectivity index (χ1v) is 0. The summed E-state index contributed by atoms with van der Waals surface area (Å²) in [6, 6.07) is 0. The molecule has 0 aliphatic heterocycles. The van der Waals surface area contributed by atoms with Crippen LogP contribution in [0.1, 0.15) is 0 Å². The summed E-state index contributed by atoms with van der Waals surface area (Å²) in [5, 5.41) is 0. The van der Waals surface area contributed by atoms with Crippen LogP contribution in [-0.4, -0.2) is 21.9 Å². The van der Waals surface area contributed by atoms with E-state index in [4.69, 9.17) is 0 Å². The third kappa shape index (κ3) is 96.7. The average molecular weight is 116 g/mol. The second-order valence-electron chi connectivity index (χ2n) is 0.